The highest BCUT2D eigenvalue weighted by Gasteiger charge is 2.26. The van der Waals surface area contributed by atoms with Crippen LogP contribution in [0.3, 0.4) is 0 Å². The lowest BCUT2D eigenvalue weighted by molar-refractivity contribution is -0.134. The topological polar surface area (TPSA) is 41.0 Å². The second kappa shape index (κ2) is 6.19. The molecule has 1 aromatic carbocycles. The molecule has 1 N–H and O–H groups in total. The summed E-state index contributed by atoms with van der Waals surface area (Å²) in [5, 5.41) is 1.27. The van der Waals surface area contributed by atoms with Crippen molar-refractivity contribution in [3.05, 3.63) is 60.0 Å². The lowest BCUT2D eigenvalue weighted by atomic mass is 10.1. The van der Waals surface area contributed by atoms with Gasteiger partial charge in [0.2, 0.25) is 5.91 Å². The van der Waals surface area contributed by atoms with Gasteiger partial charge in [-0.25, -0.2) is 0 Å². The van der Waals surface area contributed by atoms with E-state index in [1.807, 2.05) is 11.0 Å². The smallest absolute Gasteiger partial charge is 0.223 e. The van der Waals surface area contributed by atoms with Crippen LogP contribution in [0.1, 0.15) is 37.1 Å². The predicted molar refractivity (Wildman–Crippen MR) is 95.8 cm³/mol. The van der Waals surface area contributed by atoms with Crippen LogP contribution >= 0.6 is 0 Å². The minimum Gasteiger partial charge on any atom is -0.361 e. The SMILES string of the molecule is CC1c2cccn2CCN1C(=O)CCCc1c[nH]c2ccccc12. The molecule has 1 unspecified atom stereocenters. The van der Waals surface area contributed by atoms with E-state index >= 15 is 0 Å². The molecule has 1 atom stereocenters. The number of hydrogen-bond donors (Lipinski definition) is 1. The zero-order valence-corrected chi connectivity index (χ0v) is 14.0. The van der Waals surface area contributed by atoms with Crippen LogP contribution in [0.15, 0.2) is 48.8 Å². The quantitative estimate of drug-likeness (QED) is 0.778. The molecule has 0 aliphatic carbocycles. The fourth-order valence-electron chi connectivity index (χ4n) is 3.83. The highest BCUT2D eigenvalue weighted by atomic mass is 16.2. The van der Waals surface area contributed by atoms with Gasteiger partial charge in [0.15, 0.2) is 0 Å². The molecule has 1 amide bonds. The first-order valence-electron chi connectivity index (χ1n) is 8.73. The Hall–Kier alpha value is -2.49. The number of para-hydroxylation sites is 1. The van der Waals surface area contributed by atoms with Crippen molar-refractivity contribution in [3.63, 3.8) is 0 Å². The highest BCUT2D eigenvalue weighted by molar-refractivity contribution is 5.83. The largest absolute Gasteiger partial charge is 0.361 e. The number of aryl methyl sites for hydroxylation is 1. The number of carbonyl (C=O) groups excluding carboxylic acids is 1. The molecular weight excluding hydrogens is 298 g/mol. The van der Waals surface area contributed by atoms with Crippen LogP contribution in [0.2, 0.25) is 0 Å². The molecule has 4 heteroatoms. The van der Waals surface area contributed by atoms with Gasteiger partial charge in [0, 0.05) is 48.5 Å². The molecule has 4 rings (SSSR count). The van der Waals surface area contributed by atoms with Gasteiger partial charge in [0.05, 0.1) is 6.04 Å². The van der Waals surface area contributed by atoms with E-state index in [4.69, 9.17) is 0 Å². The van der Waals surface area contributed by atoms with E-state index in [9.17, 15) is 4.79 Å². The summed E-state index contributed by atoms with van der Waals surface area (Å²) in [4.78, 5) is 18.0. The van der Waals surface area contributed by atoms with Crippen molar-refractivity contribution in [1.82, 2.24) is 14.5 Å². The van der Waals surface area contributed by atoms with E-state index in [2.05, 4.69) is 59.2 Å². The summed E-state index contributed by atoms with van der Waals surface area (Å²) < 4.78 is 2.25. The first-order valence-corrected chi connectivity index (χ1v) is 8.73. The van der Waals surface area contributed by atoms with Crippen LogP contribution in [0.25, 0.3) is 10.9 Å². The molecule has 0 saturated heterocycles. The van der Waals surface area contributed by atoms with Crippen LogP contribution in [0.5, 0.6) is 0 Å². The van der Waals surface area contributed by atoms with Crippen LogP contribution in [-0.2, 0) is 17.8 Å². The third-order valence-corrected chi connectivity index (χ3v) is 5.17. The van der Waals surface area contributed by atoms with Crippen molar-refractivity contribution in [1.29, 1.82) is 0 Å². The van der Waals surface area contributed by atoms with Crippen molar-refractivity contribution in [3.8, 4) is 0 Å². The Labute approximate surface area is 142 Å². The first kappa shape index (κ1) is 15.1. The second-order valence-corrected chi connectivity index (χ2v) is 6.60. The van der Waals surface area contributed by atoms with Crippen LogP contribution in [-0.4, -0.2) is 26.9 Å². The summed E-state index contributed by atoms with van der Waals surface area (Å²) in [6, 6.07) is 12.7. The number of nitrogens with one attached hydrogen (secondary N) is 1. The molecule has 2 aromatic heterocycles. The molecule has 0 spiro atoms. The third kappa shape index (κ3) is 2.62. The Morgan fingerprint density at radius 1 is 1.21 bits per heavy atom. The van der Waals surface area contributed by atoms with Crippen molar-refractivity contribution < 1.29 is 4.79 Å². The molecule has 1 aliphatic heterocycles. The minimum atomic E-state index is 0.175. The van der Waals surface area contributed by atoms with Gasteiger partial charge in [0.1, 0.15) is 0 Å². The third-order valence-electron chi connectivity index (χ3n) is 5.17. The maximum Gasteiger partial charge on any atom is 0.223 e. The maximum absolute atomic E-state index is 12.6. The van der Waals surface area contributed by atoms with Gasteiger partial charge in [-0.05, 0) is 43.5 Å². The lowest BCUT2D eigenvalue weighted by Crippen LogP contribution is -2.40. The maximum atomic E-state index is 12.6. The van der Waals surface area contributed by atoms with Crippen LogP contribution in [0.4, 0.5) is 0 Å². The number of carbonyl (C=O) groups is 1. The minimum absolute atomic E-state index is 0.175. The summed E-state index contributed by atoms with van der Waals surface area (Å²) in [7, 11) is 0. The number of benzene rings is 1. The first-order chi connectivity index (χ1) is 11.7. The molecule has 124 valence electrons. The van der Waals surface area contributed by atoms with Crippen LogP contribution in [0, 0.1) is 0 Å². The zero-order valence-electron chi connectivity index (χ0n) is 14.0. The van der Waals surface area contributed by atoms with Gasteiger partial charge in [-0.3, -0.25) is 4.79 Å². The molecular formula is C20H23N3O. The van der Waals surface area contributed by atoms with Crippen molar-refractivity contribution >= 4 is 16.8 Å². The zero-order chi connectivity index (χ0) is 16.5. The van der Waals surface area contributed by atoms with E-state index in [-0.39, 0.29) is 11.9 Å². The van der Waals surface area contributed by atoms with Crippen molar-refractivity contribution in [2.24, 2.45) is 0 Å². The van der Waals surface area contributed by atoms with E-state index in [1.165, 1.54) is 22.2 Å². The van der Waals surface area contributed by atoms with E-state index < -0.39 is 0 Å². The van der Waals surface area contributed by atoms with Gasteiger partial charge < -0.3 is 14.5 Å². The van der Waals surface area contributed by atoms with E-state index in [1.54, 1.807) is 0 Å². The Kier molecular flexibility index (Phi) is 3.89. The Balaban J connectivity index is 1.37. The van der Waals surface area contributed by atoms with Crippen molar-refractivity contribution in [2.45, 2.75) is 38.8 Å². The second-order valence-electron chi connectivity index (χ2n) is 6.60. The number of hydrogen-bond acceptors (Lipinski definition) is 1. The molecule has 24 heavy (non-hydrogen) atoms. The lowest BCUT2D eigenvalue weighted by Gasteiger charge is -2.35. The van der Waals surface area contributed by atoms with Gasteiger partial charge in [-0.2, -0.15) is 0 Å². The molecule has 3 heterocycles. The Bertz CT molecular complexity index is 861. The average Bonchev–Trinajstić information content (AvgIpc) is 3.23. The Morgan fingerprint density at radius 3 is 3.00 bits per heavy atom. The highest BCUT2D eigenvalue weighted by Crippen LogP contribution is 2.26. The number of nitrogens with zero attached hydrogens (tertiary/aromatic N) is 2. The average molecular weight is 321 g/mol. The van der Waals surface area contributed by atoms with Crippen LogP contribution < -0.4 is 0 Å². The summed E-state index contributed by atoms with van der Waals surface area (Å²) in [5.41, 5.74) is 3.72. The van der Waals surface area contributed by atoms with Gasteiger partial charge in [-0.15, -0.1) is 0 Å². The number of aromatic amines is 1. The molecule has 1 aliphatic rings. The summed E-state index contributed by atoms with van der Waals surface area (Å²) >= 11 is 0. The van der Waals surface area contributed by atoms with Gasteiger partial charge in [-0.1, -0.05) is 18.2 Å². The standard InChI is InChI=1S/C20H23N3O/c1-15-19-9-5-11-22(19)12-13-23(15)20(24)10-4-6-16-14-21-18-8-3-2-7-17(16)18/h2-3,5,7-9,11,14-15,21H,4,6,10,12-13H2,1H3. The predicted octanol–water partition coefficient (Wildman–Crippen LogP) is 3.90. The number of aromatic nitrogens is 2. The molecule has 0 fully saturated rings. The monoisotopic (exact) mass is 321 g/mol. The molecule has 0 bridgehead atoms. The number of rotatable bonds is 4. The number of H-pyrrole nitrogens is 1. The van der Waals surface area contributed by atoms with Crippen molar-refractivity contribution in [2.75, 3.05) is 6.54 Å². The Morgan fingerprint density at radius 2 is 2.08 bits per heavy atom. The molecule has 0 saturated carbocycles. The van der Waals surface area contributed by atoms with E-state index in [0.29, 0.717) is 6.42 Å². The fourth-order valence-corrected chi connectivity index (χ4v) is 3.83. The van der Waals surface area contributed by atoms with Gasteiger partial charge in [0.25, 0.3) is 0 Å². The summed E-state index contributed by atoms with van der Waals surface area (Å²) in [6.45, 7) is 3.85. The number of fused-ring (bicyclic) bond motifs is 2. The molecule has 3 aromatic rings. The molecule has 0 radical (unpaired) electrons. The normalized spacial score (nSPS) is 17.2. The molecule has 4 nitrogen and oxygen atoms in total. The fraction of sp³-hybridized carbons (Fsp3) is 0.350. The summed E-state index contributed by atoms with van der Waals surface area (Å²) in [5.74, 6) is 0.273. The number of amides is 1. The van der Waals surface area contributed by atoms with E-state index in [0.717, 1.165) is 25.9 Å². The summed E-state index contributed by atoms with van der Waals surface area (Å²) in [6.07, 6.45) is 6.63. The van der Waals surface area contributed by atoms with Gasteiger partial charge >= 0.3 is 0 Å².